The molecule has 1 nitrogen and oxygen atoms in total. The van der Waals surface area contributed by atoms with Crippen LogP contribution in [0.2, 0.25) is 0 Å². The van der Waals surface area contributed by atoms with Gasteiger partial charge in [-0.3, -0.25) is 0 Å². The van der Waals surface area contributed by atoms with Crippen molar-refractivity contribution in [3.8, 4) is 17.6 Å². The molecule has 0 aliphatic carbocycles. The zero-order valence-electron chi connectivity index (χ0n) is 14.0. The van der Waals surface area contributed by atoms with Gasteiger partial charge in [0.2, 0.25) is 0 Å². The van der Waals surface area contributed by atoms with E-state index in [4.69, 9.17) is 4.74 Å². The fourth-order valence-electron chi connectivity index (χ4n) is 2.68. The lowest BCUT2D eigenvalue weighted by Crippen LogP contribution is -2.01. The van der Waals surface area contributed by atoms with E-state index in [-0.39, 0.29) is 5.92 Å². The molecule has 0 N–H and O–H groups in total. The van der Waals surface area contributed by atoms with Crippen molar-refractivity contribution in [2.45, 2.75) is 12.8 Å². The van der Waals surface area contributed by atoms with E-state index < -0.39 is 0 Å². The van der Waals surface area contributed by atoms with Gasteiger partial charge in [0.05, 0.1) is 13.0 Å². The Labute approximate surface area is 143 Å². The molecule has 0 radical (unpaired) electrons. The van der Waals surface area contributed by atoms with E-state index in [0.29, 0.717) is 0 Å². The summed E-state index contributed by atoms with van der Waals surface area (Å²) >= 11 is 0. The first-order valence-corrected chi connectivity index (χ1v) is 8.04. The van der Waals surface area contributed by atoms with Crippen LogP contribution in [0.25, 0.3) is 0 Å². The number of ether oxygens (including phenoxy) is 1. The molecule has 0 aromatic heterocycles. The van der Waals surface area contributed by atoms with Gasteiger partial charge in [0.25, 0.3) is 0 Å². The Kier molecular flexibility index (Phi) is 4.99. The molecule has 24 heavy (non-hydrogen) atoms. The highest BCUT2D eigenvalue weighted by atomic mass is 16.5. The number of rotatable bonds is 3. The lowest BCUT2D eigenvalue weighted by Gasteiger charge is -2.15. The first kappa shape index (κ1) is 15.9. The standard InChI is InChI=1S/C23H20O/c1-18-12-15-20(16-13-18)21(17-14-19-8-4-3-5-9-19)22-10-6-7-11-23(22)24-2/h3-13,15-16,21H,1-2H3. The number of benzene rings is 3. The Balaban J connectivity index is 2.07. The third-order valence-corrected chi connectivity index (χ3v) is 4.00. The van der Waals surface area contributed by atoms with Gasteiger partial charge in [0.1, 0.15) is 5.75 Å². The molecule has 3 rings (SSSR count). The summed E-state index contributed by atoms with van der Waals surface area (Å²) in [5, 5.41) is 0. The highest BCUT2D eigenvalue weighted by Gasteiger charge is 2.15. The summed E-state index contributed by atoms with van der Waals surface area (Å²) in [6.07, 6.45) is 0. The maximum absolute atomic E-state index is 5.56. The topological polar surface area (TPSA) is 9.23 Å². The fraction of sp³-hybridized carbons (Fsp3) is 0.130. The third-order valence-electron chi connectivity index (χ3n) is 4.00. The number of hydrogen-bond donors (Lipinski definition) is 0. The molecule has 1 unspecified atom stereocenters. The number of para-hydroxylation sites is 1. The predicted molar refractivity (Wildman–Crippen MR) is 99.3 cm³/mol. The summed E-state index contributed by atoms with van der Waals surface area (Å²) in [6.45, 7) is 2.09. The summed E-state index contributed by atoms with van der Waals surface area (Å²) < 4.78 is 5.56. The van der Waals surface area contributed by atoms with Crippen LogP contribution in [0.4, 0.5) is 0 Å². The summed E-state index contributed by atoms with van der Waals surface area (Å²) in [7, 11) is 1.70. The van der Waals surface area contributed by atoms with E-state index in [1.54, 1.807) is 7.11 Å². The quantitative estimate of drug-likeness (QED) is 0.605. The van der Waals surface area contributed by atoms with E-state index in [1.165, 1.54) is 11.1 Å². The van der Waals surface area contributed by atoms with Crippen LogP contribution < -0.4 is 4.74 Å². The highest BCUT2D eigenvalue weighted by molar-refractivity contribution is 5.49. The second kappa shape index (κ2) is 7.53. The van der Waals surface area contributed by atoms with Crippen LogP contribution in [0, 0.1) is 18.8 Å². The predicted octanol–water partition coefficient (Wildman–Crippen LogP) is 5.19. The summed E-state index contributed by atoms with van der Waals surface area (Å²) in [6, 6.07) is 26.7. The molecule has 0 aliphatic rings. The van der Waals surface area contributed by atoms with Gasteiger partial charge >= 0.3 is 0 Å². The monoisotopic (exact) mass is 312 g/mol. The molecule has 0 saturated heterocycles. The van der Waals surface area contributed by atoms with Crippen molar-refractivity contribution in [1.29, 1.82) is 0 Å². The van der Waals surface area contributed by atoms with Gasteiger partial charge in [-0.05, 0) is 30.7 Å². The first-order valence-electron chi connectivity index (χ1n) is 8.04. The Morgan fingerprint density at radius 1 is 0.792 bits per heavy atom. The Morgan fingerprint density at radius 3 is 2.17 bits per heavy atom. The lowest BCUT2D eigenvalue weighted by atomic mass is 9.90. The van der Waals surface area contributed by atoms with Crippen molar-refractivity contribution in [3.63, 3.8) is 0 Å². The van der Waals surface area contributed by atoms with Crippen LogP contribution in [0.5, 0.6) is 5.75 Å². The molecule has 118 valence electrons. The van der Waals surface area contributed by atoms with Gasteiger partial charge in [-0.25, -0.2) is 0 Å². The van der Waals surface area contributed by atoms with E-state index >= 15 is 0 Å². The van der Waals surface area contributed by atoms with Gasteiger partial charge in [-0.1, -0.05) is 78.1 Å². The van der Waals surface area contributed by atoms with Crippen LogP contribution in [-0.2, 0) is 0 Å². The van der Waals surface area contributed by atoms with Gasteiger partial charge in [0, 0.05) is 11.1 Å². The van der Waals surface area contributed by atoms with E-state index in [9.17, 15) is 0 Å². The average Bonchev–Trinajstić information content (AvgIpc) is 2.64. The molecule has 1 heteroatoms. The second-order valence-corrected chi connectivity index (χ2v) is 5.72. The van der Waals surface area contributed by atoms with E-state index in [2.05, 4.69) is 49.1 Å². The summed E-state index contributed by atoms with van der Waals surface area (Å²) in [5.41, 5.74) is 4.53. The molecule has 0 heterocycles. The Morgan fingerprint density at radius 2 is 1.46 bits per heavy atom. The van der Waals surface area contributed by atoms with Gasteiger partial charge < -0.3 is 4.74 Å². The van der Waals surface area contributed by atoms with Crippen molar-refractivity contribution >= 4 is 0 Å². The van der Waals surface area contributed by atoms with Crippen LogP contribution in [-0.4, -0.2) is 7.11 Å². The van der Waals surface area contributed by atoms with Crippen LogP contribution in [0.1, 0.15) is 28.2 Å². The van der Waals surface area contributed by atoms with Crippen molar-refractivity contribution in [3.05, 3.63) is 101 Å². The lowest BCUT2D eigenvalue weighted by molar-refractivity contribution is 0.409. The van der Waals surface area contributed by atoms with Gasteiger partial charge in [0.15, 0.2) is 0 Å². The molecule has 1 atom stereocenters. The van der Waals surface area contributed by atoms with Crippen LogP contribution in [0.3, 0.4) is 0 Å². The molecule has 0 spiro atoms. The third kappa shape index (κ3) is 3.67. The zero-order chi connectivity index (χ0) is 16.8. The molecular formula is C23H20O. The van der Waals surface area contributed by atoms with Crippen LogP contribution in [0.15, 0.2) is 78.9 Å². The highest BCUT2D eigenvalue weighted by Crippen LogP contribution is 2.31. The SMILES string of the molecule is COc1ccccc1C(C#Cc1ccccc1)c1ccc(C)cc1. The van der Waals surface area contributed by atoms with E-state index in [1.807, 2.05) is 48.5 Å². The van der Waals surface area contributed by atoms with Crippen molar-refractivity contribution in [1.82, 2.24) is 0 Å². The van der Waals surface area contributed by atoms with Gasteiger partial charge in [-0.15, -0.1) is 0 Å². The minimum Gasteiger partial charge on any atom is -0.496 e. The molecule has 3 aromatic rings. The Bertz CT molecular complexity index is 852. The second-order valence-electron chi connectivity index (χ2n) is 5.72. The van der Waals surface area contributed by atoms with Crippen LogP contribution >= 0.6 is 0 Å². The number of hydrogen-bond acceptors (Lipinski definition) is 1. The smallest absolute Gasteiger partial charge is 0.123 e. The van der Waals surface area contributed by atoms with Gasteiger partial charge in [-0.2, -0.15) is 0 Å². The molecule has 0 saturated carbocycles. The largest absolute Gasteiger partial charge is 0.496 e. The first-order chi connectivity index (χ1) is 11.8. The maximum Gasteiger partial charge on any atom is 0.123 e. The molecular weight excluding hydrogens is 292 g/mol. The summed E-state index contributed by atoms with van der Waals surface area (Å²) in [4.78, 5) is 0. The van der Waals surface area contributed by atoms with Crippen molar-refractivity contribution in [2.75, 3.05) is 7.11 Å². The molecule has 0 bridgehead atoms. The number of methoxy groups -OCH3 is 1. The Hall–Kier alpha value is -2.98. The maximum atomic E-state index is 5.56. The molecule has 0 amide bonds. The molecule has 0 aliphatic heterocycles. The number of aryl methyl sites for hydroxylation is 1. The molecule has 0 fully saturated rings. The normalized spacial score (nSPS) is 11.2. The van der Waals surface area contributed by atoms with E-state index in [0.717, 1.165) is 16.9 Å². The summed E-state index contributed by atoms with van der Waals surface area (Å²) in [5.74, 6) is 7.58. The minimum atomic E-state index is -0.0260. The fourth-order valence-corrected chi connectivity index (χ4v) is 2.68. The minimum absolute atomic E-state index is 0.0260. The van der Waals surface area contributed by atoms with Crippen molar-refractivity contribution in [2.24, 2.45) is 0 Å². The zero-order valence-corrected chi connectivity index (χ0v) is 14.0. The average molecular weight is 312 g/mol. The molecule has 3 aromatic carbocycles. The van der Waals surface area contributed by atoms with Crippen molar-refractivity contribution < 1.29 is 4.74 Å².